The Hall–Kier alpha value is -1.41. The summed E-state index contributed by atoms with van der Waals surface area (Å²) in [5, 5.41) is 10.8. The summed E-state index contributed by atoms with van der Waals surface area (Å²) in [4.78, 5) is 0.137. The first kappa shape index (κ1) is 12.7. The van der Waals surface area contributed by atoms with Gasteiger partial charge in [-0.2, -0.15) is 5.10 Å². The topological polar surface area (TPSA) is 114 Å². The number of nitrogens with zero attached hydrogens (tertiary/aromatic N) is 2. The Kier molecular flexibility index (Phi) is 4.02. The Labute approximate surface area is 94.2 Å². The van der Waals surface area contributed by atoms with Crippen molar-refractivity contribution in [3.05, 3.63) is 12.4 Å². The number of aromatic nitrogens is 2. The van der Waals surface area contributed by atoms with Crippen molar-refractivity contribution >= 4 is 15.9 Å². The van der Waals surface area contributed by atoms with Crippen LogP contribution >= 0.6 is 0 Å². The highest BCUT2D eigenvalue weighted by molar-refractivity contribution is 7.89. The van der Waals surface area contributed by atoms with E-state index in [1.54, 1.807) is 7.05 Å². The Morgan fingerprint density at radius 2 is 2.38 bits per heavy atom. The van der Waals surface area contributed by atoms with Crippen molar-refractivity contribution in [3.63, 3.8) is 0 Å². The second-order valence-corrected chi connectivity index (χ2v) is 5.14. The molecular formula is C8H15N5O2S. The number of aryl methyl sites for hydroxylation is 1. The van der Waals surface area contributed by atoms with Crippen molar-refractivity contribution in [2.45, 2.75) is 17.7 Å². The third kappa shape index (κ3) is 3.63. The summed E-state index contributed by atoms with van der Waals surface area (Å²) in [7, 11) is -1.83. The molecule has 0 bridgehead atoms. The van der Waals surface area contributed by atoms with Gasteiger partial charge in [-0.3, -0.25) is 10.1 Å². The maximum Gasteiger partial charge on any atom is 0.243 e. The van der Waals surface area contributed by atoms with E-state index in [0.717, 1.165) is 0 Å². The quantitative estimate of drug-likeness (QED) is 0.353. The number of amidine groups is 1. The smallest absolute Gasteiger partial charge is 0.243 e. The Morgan fingerprint density at radius 3 is 2.88 bits per heavy atom. The van der Waals surface area contributed by atoms with Gasteiger partial charge in [-0.1, -0.05) is 0 Å². The monoisotopic (exact) mass is 245 g/mol. The third-order valence-electron chi connectivity index (χ3n) is 1.91. The van der Waals surface area contributed by atoms with E-state index < -0.39 is 10.0 Å². The lowest BCUT2D eigenvalue weighted by molar-refractivity contribution is 0.579. The van der Waals surface area contributed by atoms with Crippen LogP contribution in [0.2, 0.25) is 0 Å². The normalized spacial score (nSPS) is 11.6. The average Bonchev–Trinajstić information content (AvgIpc) is 2.60. The Morgan fingerprint density at radius 1 is 1.69 bits per heavy atom. The molecule has 1 heterocycles. The maximum absolute atomic E-state index is 11.6. The minimum atomic E-state index is -3.48. The van der Waals surface area contributed by atoms with Crippen molar-refractivity contribution in [1.82, 2.24) is 14.5 Å². The third-order valence-corrected chi connectivity index (χ3v) is 3.32. The van der Waals surface area contributed by atoms with E-state index >= 15 is 0 Å². The summed E-state index contributed by atoms with van der Waals surface area (Å²) in [6, 6.07) is 0. The summed E-state index contributed by atoms with van der Waals surface area (Å²) in [6.45, 7) is 0.261. The highest BCUT2D eigenvalue weighted by atomic mass is 32.2. The molecule has 0 aliphatic rings. The van der Waals surface area contributed by atoms with E-state index in [-0.39, 0.29) is 17.3 Å². The summed E-state index contributed by atoms with van der Waals surface area (Å²) in [5.41, 5.74) is 5.15. The zero-order chi connectivity index (χ0) is 12.2. The van der Waals surface area contributed by atoms with Gasteiger partial charge in [0.25, 0.3) is 0 Å². The molecule has 0 radical (unpaired) electrons. The molecule has 0 saturated carbocycles. The lowest BCUT2D eigenvalue weighted by atomic mass is 10.3. The van der Waals surface area contributed by atoms with Crippen molar-refractivity contribution < 1.29 is 8.42 Å². The minimum Gasteiger partial charge on any atom is -0.388 e. The predicted molar refractivity (Wildman–Crippen MR) is 59.5 cm³/mol. The van der Waals surface area contributed by atoms with Gasteiger partial charge in [0, 0.05) is 26.2 Å². The summed E-state index contributed by atoms with van der Waals surface area (Å²) in [5.74, 6) is 0.0561. The summed E-state index contributed by atoms with van der Waals surface area (Å²) >= 11 is 0. The standard InChI is InChI=1S/C8H15N5O2S/c1-13-6-7(5-11-13)16(14,15)12-4-2-3-8(9)10/h5-6,12H,2-4H2,1H3,(H3,9,10). The number of sulfonamides is 1. The van der Waals surface area contributed by atoms with Crippen molar-refractivity contribution in [2.24, 2.45) is 12.8 Å². The number of nitrogens with two attached hydrogens (primary N) is 1. The number of hydrogen-bond acceptors (Lipinski definition) is 4. The Balaban J connectivity index is 2.50. The van der Waals surface area contributed by atoms with E-state index in [4.69, 9.17) is 11.1 Å². The van der Waals surface area contributed by atoms with Crippen LogP contribution in [0, 0.1) is 5.41 Å². The van der Waals surface area contributed by atoms with Crippen LogP contribution in [-0.4, -0.2) is 30.6 Å². The highest BCUT2D eigenvalue weighted by Gasteiger charge is 2.14. The fourth-order valence-electron chi connectivity index (χ4n) is 1.11. The molecule has 7 nitrogen and oxygen atoms in total. The summed E-state index contributed by atoms with van der Waals surface area (Å²) in [6.07, 6.45) is 3.60. The first-order valence-electron chi connectivity index (χ1n) is 4.73. The number of hydrogen-bond donors (Lipinski definition) is 3. The first-order chi connectivity index (χ1) is 7.42. The molecule has 0 aliphatic heterocycles. The van der Waals surface area contributed by atoms with Gasteiger partial charge in [0.2, 0.25) is 10.0 Å². The van der Waals surface area contributed by atoms with E-state index in [1.807, 2.05) is 0 Å². The molecule has 0 unspecified atom stereocenters. The van der Waals surface area contributed by atoms with Gasteiger partial charge in [-0.05, 0) is 6.42 Å². The van der Waals surface area contributed by atoms with Crippen LogP contribution in [0.3, 0.4) is 0 Å². The molecule has 0 amide bonds. The molecule has 1 rings (SSSR count). The molecule has 8 heteroatoms. The maximum atomic E-state index is 11.6. The zero-order valence-electron chi connectivity index (χ0n) is 8.97. The molecular weight excluding hydrogens is 230 g/mol. The van der Waals surface area contributed by atoms with E-state index in [0.29, 0.717) is 12.8 Å². The van der Waals surface area contributed by atoms with Gasteiger partial charge >= 0.3 is 0 Å². The van der Waals surface area contributed by atoms with Crippen LogP contribution in [0.15, 0.2) is 17.3 Å². The van der Waals surface area contributed by atoms with Crippen LogP contribution < -0.4 is 10.5 Å². The SMILES string of the molecule is Cn1cc(S(=O)(=O)NCCCC(=N)N)cn1. The van der Waals surface area contributed by atoms with Gasteiger partial charge in [-0.25, -0.2) is 13.1 Å². The van der Waals surface area contributed by atoms with Crippen molar-refractivity contribution in [2.75, 3.05) is 6.54 Å². The van der Waals surface area contributed by atoms with Crippen LogP contribution in [0.5, 0.6) is 0 Å². The lowest BCUT2D eigenvalue weighted by Gasteiger charge is -2.03. The van der Waals surface area contributed by atoms with Crippen LogP contribution in [0.4, 0.5) is 0 Å². The highest BCUT2D eigenvalue weighted by Crippen LogP contribution is 2.05. The molecule has 0 aliphatic carbocycles. The molecule has 0 atom stereocenters. The molecule has 16 heavy (non-hydrogen) atoms. The molecule has 1 aromatic heterocycles. The van der Waals surface area contributed by atoms with Gasteiger partial charge in [0.05, 0.1) is 12.0 Å². The predicted octanol–water partition coefficient (Wildman–Crippen LogP) is -0.585. The fraction of sp³-hybridized carbons (Fsp3) is 0.500. The zero-order valence-corrected chi connectivity index (χ0v) is 9.79. The Bertz CT molecular complexity index is 465. The van der Waals surface area contributed by atoms with Crippen LogP contribution in [-0.2, 0) is 17.1 Å². The largest absolute Gasteiger partial charge is 0.388 e. The van der Waals surface area contributed by atoms with Crippen LogP contribution in [0.1, 0.15) is 12.8 Å². The van der Waals surface area contributed by atoms with Gasteiger partial charge in [-0.15, -0.1) is 0 Å². The first-order valence-corrected chi connectivity index (χ1v) is 6.21. The minimum absolute atomic E-state index is 0.0561. The molecule has 0 spiro atoms. The second kappa shape index (κ2) is 5.08. The average molecular weight is 245 g/mol. The molecule has 0 fully saturated rings. The summed E-state index contributed by atoms with van der Waals surface area (Å²) < 4.78 is 27.1. The number of rotatable bonds is 6. The van der Waals surface area contributed by atoms with Gasteiger partial charge in [0.15, 0.2) is 0 Å². The van der Waals surface area contributed by atoms with E-state index in [9.17, 15) is 8.42 Å². The molecule has 0 saturated heterocycles. The van der Waals surface area contributed by atoms with Crippen molar-refractivity contribution in [3.8, 4) is 0 Å². The second-order valence-electron chi connectivity index (χ2n) is 3.38. The fourth-order valence-corrected chi connectivity index (χ4v) is 2.16. The van der Waals surface area contributed by atoms with Crippen LogP contribution in [0.25, 0.3) is 0 Å². The van der Waals surface area contributed by atoms with E-state index in [2.05, 4.69) is 9.82 Å². The lowest BCUT2D eigenvalue weighted by Crippen LogP contribution is -2.25. The molecule has 0 aromatic carbocycles. The molecule has 1 aromatic rings. The van der Waals surface area contributed by atoms with Gasteiger partial charge < -0.3 is 5.73 Å². The van der Waals surface area contributed by atoms with Crippen molar-refractivity contribution in [1.29, 1.82) is 5.41 Å². The van der Waals surface area contributed by atoms with E-state index in [1.165, 1.54) is 17.1 Å². The van der Waals surface area contributed by atoms with Gasteiger partial charge in [0.1, 0.15) is 4.90 Å². The molecule has 90 valence electrons. The number of nitrogens with one attached hydrogen (secondary N) is 2. The molecule has 4 N–H and O–H groups in total.